The fourth-order valence-electron chi connectivity index (χ4n) is 5.31. The van der Waals surface area contributed by atoms with Crippen LogP contribution in [0, 0.1) is 11.0 Å². The minimum Gasteiger partial charge on any atom is -0.359 e. The summed E-state index contributed by atoms with van der Waals surface area (Å²) >= 11 is 1.12. The maximum Gasteiger partial charge on any atom is 0.181 e. The summed E-state index contributed by atoms with van der Waals surface area (Å²) < 4.78 is 13.7. The number of allylic oxidation sites excluding steroid dienone is 5. The van der Waals surface area contributed by atoms with Crippen molar-refractivity contribution in [1.82, 2.24) is 30.5 Å². The van der Waals surface area contributed by atoms with E-state index in [9.17, 15) is 4.39 Å². The van der Waals surface area contributed by atoms with E-state index in [-0.39, 0.29) is 5.13 Å². The number of pyridine rings is 2. The summed E-state index contributed by atoms with van der Waals surface area (Å²) in [7, 11) is 0. The number of hydrogen-bond donors (Lipinski definition) is 3. The lowest BCUT2D eigenvalue weighted by Crippen LogP contribution is -2.16. The number of nitrogens with zero attached hydrogens (tertiary/aromatic N) is 3. The number of aromatic nitrogens is 5. The lowest BCUT2D eigenvalue weighted by molar-refractivity contribution is 0.607. The van der Waals surface area contributed by atoms with Crippen LogP contribution in [-0.4, -0.2) is 25.1 Å². The smallest absolute Gasteiger partial charge is 0.181 e. The molecule has 1 aliphatic rings. The first-order chi connectivity index (χ1) is 19.0. The zero-order chi connectivity index (χ0) is 26.9. The van der Waals surface area contributed by atoms with Crippen LogP contribution in [0.1, 0.15) is 38.2 Å². The molecule has 0 aliphatic heterocycles. The summed E-state index contributed by atoms with van der Waals surface area (Å²) in [5.74, 6) is 0.513. The normalized spacial score (nSPS) is 14.9. The number of aromatic amines is 2. The third kappa shape index (κ3) is 4.83. The van der Waals surface area contributed by atoms with E-state index < -0.39 is 0 Å². The first-order valence-corrected chi connectivity index (χ1v) is 13.9. The second kappa shape index (κ2) is 10.5. The molecule has 5 heterocycles. The number of thiophene rings is 1. The molecule has 5 aromatic rings. The molecule has 196 valence electrons. The second-order valence-electron chi connectivity index (χ2n) is 9.78. The van der Waals surface area contributed by atoms with Crippen LogP contribution < -0.4 is 5.32 Å². The number of hydrogen-bond acceptors (Lipinski definition) is 5. The number of H-pyrrole nitrogens is 2. The van der Waals surface area contributed by atoms with Crippen molar-refractivity contribution in [3.8, 4) is 21.8 Å². The van der Waals surface area contributed by atoms with Gasteiger partial charge in [0.25, 0.3) is 0 Å². The van der Waals surface area contributed by atoms with E-state index in [1.54, 1.807) is 12.3 Å². The highest BCUT2D eigenvalue weighted by Crippen LogP contribution is 2.36. The van der Waals surface area contributed by atoms with Gasteiger partial charge in [0, 0.05) is 50.6 Å². The summed E-state index contributed by atoms with van der Waals surface area (Å²) in [6, 6.07) is 9.31. The van der Waals surface area contributed by atoms with Crippen molar-refractivity contribution >= 4 is 39.0 Å². The van der Waals surface area contributed by atoms with Gasteiger partial charge < -0.3 is 10.3 Å². The molecule has 0 radical (unpaired) electrons. The van der Waals surface area contributed by atoms with Gasteiger partial charge in [-0.05, 0) is 73.7 Å². The first-order valence-electron chi connectivity index (χ1n) is 13.1. The van der Waals surface area contributed by atoms with Crippen molar-refractivity contribution < 1.29 is 4.39 Å². The minimum absolute atomic E-state index is 0.213. The molecule has 1 fully saturated rings. The fourth-order valence-corrected chi connectivity index (χ4v) is 6.08. The standard InChI is InChI=1S/C31H29FN6S/c1-4-19(14-22(5-2)35-18(3)20-8-6-7-9-20)21-15-25-29(37-38-31(25)34-17-21)26-16-24-23(12-13-33-30(24)36-26)27-10-11-28(32)39-27/h4-5,10-17,20,35H,2-3,6-9H2,1H3,(H,33,36)(H,34,37,38)/b19-4+,22-14+. The maximum absolute atomic E-state index is 13.7. The molecule has 6 nitrogen and oxygen atoms in total. The Morgan fingerprint density at radius 1 is 1.15 bits per heavy atom. The highest BCUT2D eigenvalue weighted by molar-refractivity contribution is 7.14. The van der Waals surface area contributed by atoms with Gasteiger partial charge in [-0.15, -0.1) is 11.3 Å². The Hall–Kier alpha value is -4.30. The number of halogens is 1. The molecule has 1 saturated carbocycles. The average molecular weight is 537 g/mol. The molecule has 0 spiro atoms. The highest BCUT2D eigenvalue weighted by atomic mass is 32.1. The first kappa shape index (κ1) is 25.0. The van der Waals surface area contributed by atoms with Crippen LogP contribution in [0.3, 0.4) is 0 Å². The van der Waals surface area contributed by atoms with Gasteiger partial charge in [0.1, 0.15) is 5.65 Å². The monoisotopic (exact) mass is 536 g/mol. The van der Waals surface area contributed by atoms with Crippen molar-refractivity contribution in [3.63, 3.8) is 0 Å². The maximum atomic E-state index is 13.7. The van der Waals surface area contributed by atoms with Crippen LogP contribution >= 0.6 is 11.3 Å². The van der Waals surface area contributed by atoms with Gasteiger partial charge in [-0.1, -0.05) is 32.1 Å². The summed E-state index contributed by atoms with van der Waals surface area (Å²) in [6.45, 7) is 10.3. The van der Waals surface area contributed by atoms with Gasteiger partial charge in [-0.25, -0.2) is 9.97 Å². The molecule has 0 saturated heterocycles. The third-order valence-electron chi connectivity index (χ3n) is 7.38. The summed E-state index contributed by atoms with van der Waals surface area (Å²) in [4.78, 5) is 13.4. The van der Waals surface area contributed by atoms with Crippen molar-refractivity contribution in [2.45, 2.75) is 32.6 Å². The molecule has 8 heteroatoms. The lowest BCUT2D eigenvalue weighted by Gasteiger charge is -2.16. The van der Waals surface area contributed by atoms with Gasteiger partial charge >= 0.3 is 0 Å². The van der Waals surface area contributed by atoms with Gasteiger partial charge in [-0.2, -0.15) is 9.49 Å². The summed E-state index contributed by atoms with van der Waals surface area (Å²) in [6.07, 6.45) is 14.4. The number of nitrogens with one attached hydrogen (secondary N) is 3. The summed E-state index contributed by atoms with van der Waals surface area (Å²) in [5, 5.41) is 12.7. The molecule has 6 rings (SSSR count). The van der Waals surface area contributed by atoms with Crippen LogP contribution in [0.4, 0.5) is 4.39 Å². The van der Waals surface area contributed by atoms with Crippen molar-refractivity contribution in [1.29, 1.82) is 0 Å². The molecule has 1 aliphatic carbocycles. The minimum atomic E-state index is -0.213. The Labute approximate surface area is 230 Å². The molecule has 0 aromatic carbocycles. The number of rotatable bonds is 8. The van der Waals surface area contributed by atoms with Gasteiger partial charge in [-0.3, -0.25) is 5.10 Å². The predicted octanol–water partition coefficient (Wildman–Crippen LogP) is 8.14. The zero-order valence-corrected chi connectivity index (χ0v) is 22.5. The quantitative estimate of drug-likeness (QED) is 0.175. The Bertz CT molecular complexity index is 1760. The molecular weight excluding hydrogens is 507 g/mol. The van der Waals surface area contributed by atoms with Crippen molar-refractivity contribution in [3.05, 3.63) is 96.2 Å². The van der Waals surface area contributed by atoms with Crippen LogP contribution in [0.25, 0.3) is 49.5 Å². The molecule has 5 aromatic heterocycles. The molecule has 3 N–H and O–H groups in total. The van der Waals surface area contributed by atoms with E-state index in [1.165, 1.54) is 31.7 Å². The van der Waals surface area contributed by atoms with Gasteiger partial charge in [0.2, 0.25) is 0 Å². The number of fused-ring (bicyclic) bond motifs is 2. The molecule has 0 atom stereocenters. The van der Waals surface area contributed by atoms with Crippen LogP contribution in [-0.2, 0) is 0 Å². The largest absolute Gasteiger partial charge is 0.359 e. The molecule has 0 amide bonds. The molecule has 0 unspecified atom stereocenters. The molecule has 39 heavy (non-hydrogen) atoms. The predicted molar refractivity (Wildman–Crippen MR) is 158 cm³/mol. The SMILES string of the molecule is C=C/C(=C\C(=C/C)c1cnc2n[nH]c(-c3cc4c(-c5ccc(F)s5)ccnc4[nH]3)c2c1)NC(=C)C1CCCC1. The van der Waals surface area contributed by atoms with E-state index in [4.69, 9.17) is 0 Å². The lowest BCUT2D eigenvalue weighted by atomic mass is 10.0. The van der Waals surface area contributed by atoms with E-state index in [2.05, 4.69) is 61.8 Å². The van der Waals surface area contributed by atoms with Crippen molar-refractivity contribution in [2.75, 3.05) is 0 Å². The van der Waals surface area contributed by atoms with Crippen LogP contribution in [0.15, 0.2) is 85.5 Å². The molecule has 0 bridgehead atoms. The third-order valence-corrected chi connectivity index (χ3v) is 8.28. The van der Waals surface area contributed by atoms with Gasteiger partial charge in [0.15, 0.2) is 10.8 Å². The Morgan fingerprint density at radius 3 is 2.74 bits per heavy atom. The summed E-state index contributed by atoms with van der Waals surface area (Å²) in [5.41, 5.74) is 7.87. The van der Waals surface area contributed by atoms with E-state index >= 15 is 0 Å². The highest BCUT2D eigenvalue weighted by Gasteiger charge is 2.19. The van der Waals surface area contributed by atoms with Crippen LogP contribution in [0.5, 0.6) is 0 Å². The van der Waals surface area contributed by atoms with E-state index in [0.29, 0.717) is 11.6 Å². The van der Waals surface area contributed by atoms with Crippen LogP contribution in [0.2, 0.25) is 0 Å². The Kier molecular flexibility index (Phi) is 6.70. The zero-order valence-electron chi connectivity index (χ0n) is 21.7. The van der Waals surface area contributed by atoms with E-state index in [1.807, 2.05) is 31.3 Å². The van der Waals surface area contributed by atoms with Gasteiger partial charge in [0.05, 0.1) is 11.4 Å². The second-order valence-corrected chi connectivity index (χ2v) is 10.8. The average Bonchev–Trinajstić information content (AvgIpc) is 3.76. The topological polar surface area (TPSA) is 82.3 Å². The Morgan fingerprint density at radius 2 is 2.00 bits per heavy atom. The Balaban J connectivity index is 1.35. The van der Waals surface area contributed by atoms with Crippen molar-refractivity contribution in [2.24, 2.45) is 5.92 Å². The van der Waals surface area contributed by atoms with E-state index in [0.717, 1.165) is 72.1 Å². The fraction of sp³-hybridized carbons (Fsp3) is 0.194. The molecular formula is C31H29FN6S.